The Kier molecular flexibility index (Phi) is 4.18. The molecule has 1 aromatic heterocycles. The zero-order valence-electron chi connectivity index (χ0n) is 11.9. The molecule has 0 aliphatic rings. The predicted molar refractivity (Wildman–Crippen MR) is 88.7 cm³/mol. The van der Waals surface area contributed by atoms with E-state index in [1.807, 2.05) is 43.7 Å². The molecule has 1 atom stereocenters. The number of benzene rings is 2. The molecule has 2 aromatic carbocycles. The maximum Gasteiger partial charge on any atom is 0.0408 e. The van der Waals surface area contributed by atoms with Crippen molar-refractivity contribution in [3.8, 4) is 0 Å². The number of fused-ring (bicyclic) bond motifs is 1. The van der Waals surface area contributed by atoms with Crippen molar-refractivity contribution in [2.75, 3.05) is 7.05 Å². The van der Waals surface area contributed by atoms with Crippen molar-refractivity contribution in [3.63, 3.8) is 0 Å². The number of hydrogen-bond donors (Lipinski definition) is 1. The second-order valence-electron chi connectivity index (χ2n) is 5.12. The summed E-state index contributed by atoms with van der Waals surface area (Å²) in [7, 11) is 1.99. The number of hydrogen-bond acceptors (Lipinski definition) is 2. The second-order valence-corrected chi connectivity index (χ2v) is 5.56. The average molecular weight is 297 g/mol. The highest BCUT2D eigenvalue weighted by atomic mass is 35.5. The van der Waals surface area contributed by atoms with E-state index >= 15 is 0 Å². The Bertz CT molecular complexity index is 750. The summed E-state index contributed by atoms with van der Waals surface area (Å²) in [5, 5.41) is 6.60. The van der Waals surface area contributed by atoms with Gasteiger partial charge in [0.05, 0.1) is 0 Å². The molecule has 3 heteroatoms. The minimum absolute atomic E-state index is 0.233. The molecular weight excluding hydrogens is 280 g/mol. The lowest BCUT2D eigenvalue weighted by atomic mass is 9.95. The van der Waals surface area contributed by atoms with Crippen LogP contribution < -0.4 is 5.32 Å². The molecule has 0 spiro atoms. The number of rotatable bonds is 4. The van der Waals surface area contributed by atoms with Crippen LogP contribution in [0.1, 0.15) is 17.2 Å². The van der Waals surface area contributed by atoms with Crippen molar-refractivity contribution >= 4 is 22.4 Å². The normalized spacial score (nSPS) is 12.5. The fourth-order valence-electron chi connectivity index (χ4n) is 2.71. The monoisotopic (exact) mass is 296 g/mol. The van der Waals surface area contributed by atoms with Crippen LogP contribution >= 0.6 is 11.6 Å². The van der Waals surface area contributed by atoms with Gasteiger partial charge in [0.1, 0.15) is 0 Å². The fraction of sp³-hybridized carbons (Fsp3) is 0.167. The van der Waals surface area contributed by atoms with Gasteiger partial charge in [0.2, 0.25) is 0 Å². The smallest absolute Gasteiger partial charge is 0.0408 e. The van der Waals surface area contributed by atoms with Crippen LogP contribution in [0, 0.1) is 0 Å². The van der Waals surface area contributed by atoms with Crippen molar-refractivity contribution in [1.82, 2.24) is 10.3 Å². The van der Waals surface area contributed by atoms with E-state index in [0.717, 1.165) is 11.4 Å². The third-order valence-electron chi connectivity index (χ3n) is 3.77. The number of aromatic nitrogens is 1. The van der Waals surface area contributed by atoms with Crippen molar-refractivity contribution in [2.45, 2.75) is 12.5 Å². The molecule has 21 heavy (non-hydrogen) atoms. The first-order valence-electron chi connectivity index (χ1n) is 7.02. The van der Waals surface area contributed by atoms with Crippen LogP contribution in [0.4, 0.5) is 0 Å². The Morgan fingerprint density at radius 3 is 2.81 bits per heavy atom. The molecule has 0 radical (unpaired) electrons. The van der Waals surface area contributed by atoms with Crippen molar-refractivity contribution in [3.05, 3.63) is 77.1 Å². The third kappa shape index (κ3) is 3.07. The number of nitrogens with zero attached hydrogens (tertiary/aromatic N) is 1. The molecule has 0 fully saturated rings. The number of pyridine rings is 1. The van der Waals surface area contributed by atoms with Crippen LogP contribution in [0.3, 0.4) is 0 Å². The van der Waals surface area contributed by atoms with Gasteiger partial charge in [-0.15, -0.1) is 0 Å². The van der Waals surface area contributed by atoms with Crippen molar-refractivity contribution < 1.29 is 0 Å². The topological polar surface area (TPSA) is 24.9 Å². The van der Waals surface area contributed by atoms with Crippen molar-refractivity contribution in [2.24, 2.45) is 0 Å². The maximum atomic E-state index is 6.08. The van der Waals surface area contributed by atoms with Crippen LogP contribution in [0.5, 0.6) is 0 Å². The van der Waals surface area contributed by atoms with Crippen LogP contribution in [-0.4, -0.2) is 12.0 Å². The molecule has 1 heterocycles. The number of likely N-dealkylation sites (N-methyl/N-ethyl adjacent to an activating group) is 1. The molecule has 0 aliphatic carbocycles. The summed E-state index contributed by atoms with van der Waals surface area (Å²) in [5.74, 6) is 0. The molecule has 1 N–H and O–H groups in total. The van der Waals surface area contributed by atoms with Gasteiger partial charge in [-0.2, -0.15) is 0 Å². The standard InChI is InChI=1S/C18H17ClN2/c1-20-18(11-13-4-2-6-15(19)10-13)16-7-3-5-14-8-9-21-12-17(14)16/h2-10,12,18,20H,11H2,1H3. The molecule has 1 unspecified atom stereocenters. The van der Waals surface area contributed by atoms with E-state index in [1.165, 1.54) is 21.9 Å². The Hall–Kier alpha value is -1.90. The Balaban J connectivity index is 1.98. The van der Waals surface area contributed by atoms with Gasteiger partial charge >= 0.3 is 0 Å². The highest BCUT2D eigenvalue weighted by Gasteiger charge is 2.13. The van der Waals surface area contributed by atoms with Crippen LogP contribution in [0.2, 0.25) is 5.02 Å². The lowest BCUT2D eigenvalue weighted by Gasteiger charge is -2.19. The molecule has 0 amide bonds. The van der Waals surface area contributed by atoms with E-state index < -0.39 is 0 Å². The maximum absolute atomic E-state index is 6.08. The third-order valence-corrected chi connectivity index (χ3v) is 4.01. The summed E-state index contributed by atoms with van der Waals surface area (Å²) in [5.41, 5.74) is 2.49. The van der Waals surface area contributed by atoms with E-state index in [2.05, 4.69) is 34.6 Å². The van der Waals surface area contributed by atoms with Crippen LogP contribution in [0.25, 0.3) is 10.8 Å². The summed E-state index contributed by atoms with van der Waals surface area (Å²) in [6.07, 6.45) is 4.66. The predicted octanol–water partition coefficient (Wildman–Crippen LogP) is 4.39. The lowest BCUT2D eigenvalue weighted by molar-refractivity contribution is 0.596. The number of nitrogens with one attached hydrogen (secondary N) is 1. The van der Waals surface area contributed by atoms with E-state index in [4.69, 9.17) is 11.6 Å². The first kappa shape index (κ1) is 14.1. The molecule has 2 nitrogen and oxygen atoms in total. The van der Waals surface area contributed by atoms with Gasteiger partial charge in [0.15, 0.2) is 0 Å². The van der Waals surface area contributed by atoms with Gasteiger partial charge < -0.3 is 5.32 Å². The minimum Gasteiger partial charge on any atom is -0.313 e. The SMILES string of the molecule is CNC(Cc1cccc(Cl)c1)c1cccc2ccncc12. The summed E-state index contributed by atoms with van der Waals surface area (Å²) in [4.78, 5) is 4.26. The molecular formula is C18H17ClN2. The summed E-state index contributed by atoms with van der Waals surface area (Å²) < 4.78 is 0. The molecule has 0 bridgehead atoms. The van der Waals surface area contributed by atoms with Gasteiger partial charge in [-0.1, -0.05) is 41.9 Å². The van der Waals surface area contributed by atoms with E-state index in [9.17, 15) is 0 Å². The van der Waals surface area contributed by atoms with Crippen molar-refractivity contribution in [1.29, 1.82) is 0 Å². The Morgan fingerprint density at radius 1 is 1.14 bits per heavy atom. The van der Waals surface area contributed by atoms with Gasteiger partial charge in [0, 0.05) is 28.8 Å². The van der Waals surface area contributed by atoms with E-state index in [-0.39, 0.29) is 6.04 Å². The molecule has 3 aromatic rings. The Labute approximate surface area is 129 Å². The molecule has 3 rings (SSSR count). The minimum atomic E-state index is 0.233. The first-order valence-corrected chi connectivity index (χ1v) is 7.40. The molecule has 106 valence electrons. The average Bonchev–Trinajstić information content (AvgIpc) is 2.52. The quantitative estimate of drug-likeness (QED) is 0.772. The zero-order chi connectivity index (χ0) is 14.7. The zero-order valence-corrected chi connectivity index (χ0v) is 12.6. The highest BCUT2D eigenvalue weighted by molar-refractivity contribution is 6.30. The van der Waals surface area contributed by atoms with Gasteiger partial charge in [-0.3, -0.25) is 4.98 Å². The second kappa shape index (κ2) is 6.25. The van der Waals surface area contributed by atoms with Gasteiger partial charge in [-0.25, -0.2) is 0 Å². The lowest BCUT2D eigenvalue weighted by Crippen LogP contribution is -2.19. The molecule has 0 aliphatic heterocycles. The summed E-state index contributed by atoms with van der Waals surface area (Å²) >= 11 is 6.08. The van der Waals surface area contributed by atoms with E-state index in [1.54, 1.807) is 0 Å². The molecule has 0 saturated carbocycles. The molecule has 0 saturated heterocycles. The van der Waals surface area contributed by atoms with Crippen LogP contribution in [0.15, 0.2) is 60.9 Å². The highest BCUT2D eigenvalue weighted by Crippen LogP contribution is 2.26. The van der Waals surface area contributed by atoms with E-state index in [0.29, 0.717) is 0 Å². The first-order chi connectivity index (χ1) is 10.3. The van der Waals surface area contributed by atoms with Gasteiger partial charge in [0.25, 0.3) is 0 Å². The van der Waals surface area contributed by atoms with Gasteiger partial charge in [-0.05, 0) is 48.2 Å². The summed E-state index contributed by atoms with van der Waals surface area (Å²) in [6, 6.07) is 16.7. The summed E-state index contributed by atoms with van der Waals surface area (Å²) in [6.45, 7) is 0. The Morgan fingerprint density at radius 2 is 2.00 bits per heavy atom. The largest absolute Gasteiger partial charge is 0.313 e. The number of halogens is 1. The fourth-order valence-corrected chi connectivity index (χ4v) is 2.92. The van der Waals surface area contributed by atoms with Crippen LogP contribution in [-0.2, 0) is 6.42 Å².